The van der Waals surface area contributed by atoms with Crippen molar-refractivity contribution in [3.05, 3.63) is 53.1 Å². The van der Waals surface area contributed by atoms with Gasteiger partial charge in [0.1, 0.15) is 17.2 Å². The number of urea groups is 1. The molecule has 6 nitrogen and oxygen atoms in total. The molecule has 0 heterocycles. The van der Waals surface area contributed by atoms with Crippen LogP contribution in [0.4, 0.5) is 18.0 Å². The van der Waals surface area contributed by atoms with Gasteiger partial charge in [0.2, 0.25) is 0 Å². The van der Waals surface area contributed by atoms with Crippen LogP contribution in [-0.2, 0) is 19.3 Å². The predicted octanol–water partition coefficient (Wildman–Crippen LogP) is 3.73. The van der Waals surface area contributed by atoms with E-state index in [1.807, 2.05) is 0 Å². The van der Waals surface area contributed by atoms with Crippen LogP contribution in [-0.4, -0.2) is 27.4 Å². The Balaban J connectivity index is 2.00. The lowest BCUT2D eigenvalue weighted by molar-refractivity contribution is -0.137. The highest BCUT2D eigenvalue weighted by Gasteiger charge is 2.30. The summed E-state index contributed by atoms with van der Waals surface area (Å²) < 4.78 is 54.0. The molecule has 0 saturated heterocycles. The zero-order valence-corrected chi connectivity index (χ0v) is 15.6. The average Bonchev–Trinajstić information content (AvgIpc) is 2.69. The van der Waals surface area contributed by atoms with Crippen molar-refractivity contribution in [2.45, 2.75) is 19.3 Å². The molecule has 2 aromatic rings. The fourth-order valence-corrected chi connectivity index (χ4v) is 2.52. The van der Waals surface area contributed by atoms with Crippen molar-refractivity contribution < 1.29 is 32.2 Å². The van der Waals surface area contributed by atoms with E-state index in [4.69, 9.17) is 14.2 Å². The highest BCUT2D eigenvalue weighted by Crippen LogP contribution is 2.34. The first-order valence-electron chi connectivity index (χ1n) is 8.25. The summed E-state index contributed by atoms with van der Waals surface area (Å²) >= 11 is 0. The van der Waals surface area contributed by atoms with Crippen LogP contribution in [0.15, 0.2) is 36.4 Å². The smallest absolute Gasteiger partial charge is 0.416 e. The Morgan fingerprint density at radius 3 is 2.07 bits per heavy atom. The number of carbonyl (C=O) groups excluding carboxylic acids is 1. The zero-order valence-electron chi connectivity index (χ0n) is 15.6. The Bertz CT molecular complexity index is 800. The second-order valence-electron chi connectivity index (χ2n) is 5.74. The predicted molar refractivity (Wildman–Crippen MR) is 96.6 cm³/mol. The summed E-state index contributed by atoms with van der Waals surface area (Å²) in [5.74, 6) is 1.47. The quantitative estimate of drug-likeness (QED) is 0.746. The molecular weight excluding hydrogens is 377 g/mol. The van der Waals surface area contributed by atoms with Gasteiger partial charge in [-0.3, -0.25) is 0 Å². The number of hydrogen-bond donors (Lipinski definition) is 2. The number of halogens is 3. The van der Waals surface area contributed by atoms with Gasteiger partial charge in [-0.2, -0.15) is 13.2 Å². The van der Waals surface area contributed by atoms with Crippen LogP contribution < -0.4 is 24.8 Å². The summed E-state index contributed by atoms with van der Waals surface area (Å²) in [7, 11) is 4.46. The minimum absolute atomic E-state index is 0.0490. The number of ether oxygens (including phenoxy) is 3. The summed E-state index contributed by atoms with van der Waals surface area (Å²) in [5, 5.41) is 5.15. The minimum atomic E-state index is -4.43. The largest absolute Gasteiger partial charge is 0.496 e. The number of methoxy groups -OCH3 is 3. The molecule has 0 bridgehead atoms. The Hall–Kier alpha value is -3.10. The number of amides is 2. The van der Waals surface area contributed by atoms with Crippen molar-refractivity contribution in [3.63, 3.8) is 0 Å². The van der Waals surface area contributed by atoms with E-state index in [9.17, 15) is 18.0 Å². The summed E-state index contributed by atoms with van der Waals surface area (Å²) in [4.78, 5) is 12.0. The number of nitrogens with one attached hydrogen (secondary N) is 2. The van der Waals surface area contributed by atoms with Crippen LogP contribution in [0.2, 0.25) is 0 Å². The molecule has 0 fully saturated rings. The SMILES string of the molecule is COc1cc(OC)c(CNC(=O)NCc2cccc(C(F)(F)F)c2)c(OC)c1. The van der Waals surface area contributed by atoms with Gasteiger partial charge >= 0.3 is 12.2 Å². The topological polar surface area (TPSA) is 68.8 Å². The van der Waals surface area contributed by atoms with Gasteiger partial charge in [-0.15, -0.1) is 0 Å². The first-order valence-corrected chi connectivity index (χ1v) is 8.25. The van der Waals surface area contributed by atoms with Crippen molar-refractivity contribution in [2.24, 2.45) is 0 Å². The van der Waals surface area contributed by atoms with E-state index in [1.165, 1.54) is 33.5 Å². The number of alkyl halides is 3. The molecule has 152 valence electrons. The zero-order chi connectivity index (χ0) is 20.7. The van der Waals surface area contributed by atoms with Crippen molar-refractivity contribution in [2.75, 3.05) is 21.3 Å². The van der Waals surface area contributed by atoms with Crippen molar-refractivity contribution >= 4 is 6.03 Å². The van der Waals surface area contributed by atoms with E-state index in [2.05, 4.69) is 10.6 Å². The molecule has 0 atom stereocenters. The first kappa shape index (κ1) is 21.2. The number of benzene rings is 2. The van der Waals surface area contributed by atoms with Crippen molar-refractivity contribution in [1.29, 1.82) is 0 Å². The fourth-order valence-electron chi connectivity index (χ4n) is 2.52. The normalized spacial score (nSPS) is 10.9. The number of hydrogen-bond acceptors (Lipinski definition) is 4. The highest BCUT2D eigenvalue weighted by molar-refractivity contribution is 5.74. The second-order valence-corrected chi connectivity index (χ2v) is 5.74. The molecule has 0 aliphatic rings. The Morgan fingerprint density at radius 1 is 0.929 bits per heavy atom. The van der Waals surface area contributed by atoms with Gasteiger partial charge in [-0.25, -0.2) is 4.79 Å². The van der Waals surface area contributed by atoms with Crippen molar-refractivity contribution in [1.82, 2.24) is 10.6 Å². The Labute approximate surface area is 160 Å². The van der Waals surface area contributed by atoms with E-state index in [0.717, 1.165) is 12.1 Å². The molecule has 2 rings (SSSR count). The standard InChI is InChI=1S/C19H21F3N2O4/c1-26-14-8-16(27-2)15(17(9-14)28-3)11-24-18(25)23-10-12-5-4-6-13(7-12)19(20,21)22/h4-9H,10-11H2,1-3H3,(H2,23,24,25). The van der Waals surface area contributed by atoms with Crippen LogP contribution in [0, 0.1) is 0 Å². The van der Waals surface area contributed by atoms with Crippen LogP contribution in [0.5, 0.6) is 17.2 Å². The Morgan fingerprint density at radius 2 is 1.54 bits per heavy atom. The lowest BCUT2D eigenvalue weighted by Gasteiger charge is -2.16. The lowest BCUT2D eigenvalue weighted by atomic mass is 10.1. The molecule has 2 aromatic carbocycles. The van der Waals surface area contributed by atoms with Gasteiger partial charge in [-0.05, 0) is 17.7 Å². The van der Waals surface area contributed by atoms with E-state index >= 15 is 0 Å². The molecule has 28 heavy (non-hydrogen) atoms. The van der Waals surface area contributed by atoms with Gasteiger partial charge in [0, 0.05) is 18.7 Å². The fraction of sp³-hybridized carbons (Fsp3) is 0.316. The molecule has 0 saturated carbocycles. The Kier molecular flexibility index (Phi) is 6.97. The maximum absolute atomic E-state index is 12.7. The monoisotopic (exact) mass is 398 g/mol. The number of rotatable bonds is 7. The summed E-state index contributed by atoms with van der Waals surface area (Å²) in [6.45, 7) is 0.0391. The summed E-state index contributed by atoms with van der Waals surface area (Å²) in [5.41, 5.74) is 0.171. The van der Waals surface area contributed by atoms with E-state index in [1.54, 1.807) is 12.1 Å². The van der Waals surface area contributed by atoms with E-state index in [-0.39, 0.29) is 13.1 Å². The van der Waals surface area contributed by atoms with Gasteiger partial charge in [0.05, 0.1) is 39.0 Å². The van der Waals surface area contributed by atoms with Gasteiger partial charge in [0.25, 0.3) is 0 Å². The first-order chi connectivity index (χ1) is 13.3. The van der Waals surface area contributed by atoms with E-state index < -0.39 is 17.8 Å². The molecule has 0 spiro atoms. The lowest BCUT2D eigenvalue weighted by Crippen LogP contribution is -2.34. The third kappa shape index (κ3) is 5.45. The van der Waals surface area contributed by atoms with Gasteiger partial charge < -0.3 is 24.8 Å². The van der Waals surface area contributed by atoms with E-state index in [0.29, 0.717) is 28.4 Å². The second kappa shape index (κ2) is 9.20. The molecule has 0 aromatic heterocycles. The molecule has 9 heteroatoms. The molecule has 0 unspecified atom stereocenters. The number of carbonyl (C=O) groups is 1. The third-order valence-electron chi connectivity index (χ3n) is 3.95. The third-order valence-corrected chi connectivity index (χ3v) is 3.95. The van der Waals surface area contributed by atoms with Gasteiger partial charge in [0.15, 0.2) is 0 Å². The molecular formula is C19H21F3N2O4. The van der Waals surface area contributed by atoms with Crippen LogP contribution in [0.3, 0.4) is 0 Å². The van der Waals surface area contributed by atoms with Crippen LogP contribution in [0.25, 0.3) is 0 Å². The van der Waals surface area contributed by atoms with Crippen molar-refractivity contribution in [3.8, 4) is 17.2 Å². The molecule has 0 aliphatic heterocycles. The molecule has 2 amide bonds. The summed E-state index contributed by atoms with van der Waals surface area (Å²) in [6.07, 6.45) is -4.43. The van der Waals surface area contributed by atoms with Crippen LogP contribution in [0.1, 0.15) is 16.7 Å². The molecule has 0 radical (unpaired) electrons. The maximum atomic E-state index is 12.7. The van der Waals surface area contributed by atoms with Crippen LogP contribution >= 0.6 is 0 Å². The highest BCUT2D eigenvalue weighted by atomic mass is 19.4. The molecule has 2 N–H and O–H groups in total. The summed E-state index contributed by atoms with van der Waals surface area (Å²) in [6, 6.07) is 7.54. The maximum Gasteiger partial charge on any atom is 0.416 e. The minimum Gasteiger partial charge on any atom is -0.496 e. The molecule has 0 aliphatic carbocycles. The van der Waals surface area contributed by atoms with Gasteiger partial charge in [-0.1, -0.05) is 12.1 Å². The average molecular weight is 398 g/mol.